The highest BCUT2D eigenvalue weighted by atomic mass is 32.2. The predicted molar refractivity (Wildman–Crippen MR) is 97.2 cm³/mol. The molecule has 3 aromatic rings. The molecular formula is C16H15N3O3S2. The number of methoxy groups -OCH3 is 1. The van der Waals surface area contributed by atoms with E-state index in [1.807, 2.05) is 17.5 Å². The molecule has 0 atom stereocenters. The molecule has 6 nitrogen and oxygen atoms in total. The topological polar surface area (TPSA) is 73.2 Å². The number of hydrogen-bond donors (Lipinski definition) is 1. The Morgan fingerprint density at radius 1 is 1.38 bits per heavy atom. The van der Waals surface area contributed by atoms with E-state index in [1.54, 1.807) is 32.4 Å². The molecule has 1 aromatic carbocycles. The minimum absolute atomic E-state index is 0.0948. The Balaban J connectivity index is 1.73. The highest BCUT2D eigenvalue weighted by Crippen LogP contribution is 2.24. The summed E-state index contributed by atoms with van der Waals surface area (Å²) in [6.07, 6.45) is 0. The highest BCUT2D eigenvalue weighted by Gasteiger charge is 2.12. The lowest BCUT2D eigenvalue weighted by Gasteiger charge is -2.10. The number of rotatable bonds is 5. The first-order valence-corrected chi connectivity index (χ1v) is 8.96. The average Bonchev–Trinajstić information content (AvgIpc) is 3.06. The zero-order chi connectivity index (χ0) is 17.1. The van der Waals surface area contributed by atoms with Gasteiger partial charge in [0, 0.05) is 7.05 Å². The number of para-hydroxylation sites is 2. The summed E-state index contributed by atoms with van der Waals surface area (Å²) in [5.74, 6) is 0.554. The molecule has 0 saturated carbocycles. The van der Waals surface area contributed by atoms with Gasteiger partial charge in [-0.25, -0.2) is 4.98 Å². The Labute approximate surface area is 146 Å². The number of nitrogens with zero attached hydrogens (tertiary/aromatic N) is 2. The molecule has 0 aliphatic heterocycles. The van der Waals surface area contributed by atoms with Crippen molar-refractivity contribution in [1.82, 2.24) is 9.55 Å². The van der Waals surface area contributed by atoms with Crippen LogP contribution in [0.5, 0.6) is 5.75 Å². The fourth-order valence-corrected chi connectivity index (χ4v) is 3.74. The minimum atomic E-state index is -0.191. The Hall–Kier alpha value is -2.32. The second-order valence-corrected chi connectivity index (χ2v) is 6.79. The number of hydrogen-bond acceptors (Lipinski definition) is 6. The van der Waals surface area contributed by atoms with Gasteiger partial charge in [0.25, 0.3) is 5.56 Å². The third kappa shape index (κ3) is 3.29. The van der Waals surface area contributed by atoms with Crippen molar-refractivity contribution in [2.24, 2.45) is 7.05 Å². The summed E-state index contributed by atoms with van der Waals surface area (Å²) < 4.78 is 7.30. The Bertz CT molecular complexity index is 949. The zero-order valence-electron chi connectivity index (χ0n) is 13.1. The average molecular weight is 361 g/mol. The van der Waals surface area contributed by atoms with Gasteiger partial charge in [-0.3, -0.25) is 14.2 Å². The van der Waals surface area contributed by atoms with Gasteiger partial charge in [-0.2, -0.15) is 0 Å². The Morgan fingerprint density at radius 2 is 2.17 bits per heavy atom. The number of nitrogens with one attached hydrogen (secondary N) is 1. The monoisotopic (exact) mass is 361 g/mol. The molecule has 24 heavy (non-hydrogen) atoms. The maximum absolute atomic E-state index is 12.2. The van der Waals surface area contributed by atoms with Gasteiger partial charge in [-0.15, -0.1) is 11.3 Å². The van der Waals surface area contributed by atoms with Crippen LogP contribution in [0.4, 0.5) is 5.69 Å². The maximum Gasteiger partial charge on any atom is 0.271 e. The minimum Gasteiger partial charge on any atom is -0.495 e. The summed E-state index contributed by atoms with van der Waals surface area (Å²) in [5, 5.41) is 5.15. The van der Waals surface area contributed by atoms with E-state index in [0.717, 1.165) is 0 Å². The zero-order valence-corrected chi connectivity index (χ0v) is 14.7. The summed E-state index contributed by atoms with van der Waals surface area (Å²) in [7, 11) is 3.21. The van der Waals surface area contributed by atoms with Crippen LogP contribution in [-0.4, -0.2) is 28.3 Å². The second kappa shape index (κ2) is 7.06. The van der Waals surface area contributed by atoms with Gasteiger partial charge in [-0.1, -0.05) is 23.9 Å². The molecule has 0 bridgehead atoms. The van der Waals surface area contributed by atoms with E-state index in [9.17, 15) is 9.59 Å². The lowest BCUT2D eigenvalue weighted by Crippen LogP contribution is -2.20. The van der Waals surface area contributed by atoms with E-state index in [-0.39, 0.29) is 17.2 Å². The number of thioether (sulfide) groups is 1. The number of ether oxygens (including phenoxy) is 1. The Morgan fingerprint density at radius 3 is 2.96 bits per heavy atom. The lowest BCUT2D eigenvalue weighted by molar-refractivity contribution is -0.113. The molecule has 8 heteroatoms. The largest absolute Gasteiger partial charge is 0.495 e. The summed E-state index contributed by atoms with van der Waals surface area (Å²) >= 11 is 2.59. The van der Waals surface area contributed by atoms with E-state index in [0.29, 0.717) is 26.8 Å². The predicted octanol–water partition coefficient (Wildman–Crippen LogP) is 2.73. The van der Waals surface area contributed by atoms with Crippen molar-refractivity contribution in [3.63, 3.8) is 0 Å². The van der Waals surface area contributed by atoms with Gasteiger partial charge in [0.1, 0.15) is 10.4 Å². The fraction of sp³-hybridized carbons (Fsp3) is 0.188. The number of fused-ring (bicyclic) bond motifs is 1. The molecule has 0 fully saturated rings. The SMILES string of the molecule is COc1ccccc1NC(=O)CSc1nc2ccsc2c(=O)n1C. The van der Waals surface area contributed by atoms with E-state index in [4.69, 9.17) is 4.74 Å². The molecule has 2 heterocycles. The summed E-state index contributed by atoms with van der Waals surface area (Å²) in [6, 6.07) is 9.01. The van der Waals surface area contributed by atoms with Crippen LogP contribution in [0.25, 0.3) is 10.2 Å². The summed E-state index contributed by atoms with van der Waals surface area (Å²) in [5.41, 5.74) is 1.18. The van der Waals surface area contributed by atoms with Crippen LogP contribution in [0.15, 0.2) is 45.7 Å². The quantitative estimate of drug-likeness (QED) is 0.559. The molecular weight excluding hydrogens is 346 g/mol. The number of amides is 1. The third-order valence-corrected chi connectivity index (χ3v) is 5.28. The van der Waals surface area contributed by atoms with E-state index < -0.39 is 0 Å². The number of thiophene rings is 1. The van der Waals surface area contributed by atoms with E-state index >= 15 is 0 Å². The van der Waals surface area contributed by atoms with E-state index in [2.05, 4.69) is 10.3 Å². The van der Waals surface area contributed by atoms with Gasteiger partial charge in [0.15, 0.2) is 5.16 Å². The molecule has 0 radical (unpaired) electrons. The van der Waals surface area contributed by atoms with Crippen molar-refractivity contribution < 1.29 is 9.53 Å². The molecule has 1 amide bonds. The maximum atomic E-state index is 12.2. The first-order chi connectivity index (χ1) is 11.6. The summed E-state index contributed by atoms with van der Waals surface area (Å²) in [6.45, 7) is 0. The van der Waals surface area contributed by atoms with Crippen LogP contribution < -0.4 is 15.6 Å². The molecule has 0 unspecified atom stereocenters. The van der Waals surface area contributed by atoms with E-state index in [1.165, 1.54) is 27.7 Å². The van der Waals surface area contributed by atoms with Gasteiger partial charge in [-0.05, 0) is 23.6 Å². The van der Waals surface area contributed by atoms with Crippen LogP contribution in [0.1, 0.15) is 0 Å². The van der Waals surface area contributed by atoms with Crippen LogP contribution >= 0.6 is 23.1 Å². The molecule has 0 aliphatic rings. The van der Waals surface area contributed by atoms with Gasteiger partial charge >= 0.3 is 0 Å². The molecule has 3 rings (SSSR count). The number of carbonyl (C=O) groups excluding carboxylic acids is 1. The van der Waals surface area contributed by atoms with Crippen LogP contribution in [0, 0.1) is 0 Å². The van der Waals surface area contributed by atoms with Crippen LogP contribution in [0.3, 0.4) is 0 Å². The smallest absolute Gasteiger partial charge is 0.271 e. The lowest BCUT2D eigenvalue weighted by atomic mass is 10.3. The molecule has 0 saturated heterocycles. The number of benzene rings is 1. The third-order valence-electron chi connectivity index (χ3n) is 3.36. The van der Waals surface area contributed by atoms with Crippen molar-refractivity contribution >= 4 is 44.9 Å². The van der Waals surface area contributed by atoms with Gasteiger partial charge in [0.2, 0.25) is 5.91 Å². The van der Waals surface area contributed by atoms with Crippen molar-refractivity contribution in [2.75, 3.05) is 18.2 Å². The second-order valence-electron chi connectivity index (χ2n) is 4.93. The van der Waals surface area contributed by atoms with Crippen molar-refractivity contribution in [3.05, 3.63) is 46.1 Å². The molecule has 2 aromatic heterocycles. The first-order valence-electron chi connectivity index (χ1n) is 7.10. The highest BCUT2D eigenvalue weighted by molar-refractivity contribution is 7.99. The first kappa shape index (κ1) is 16.5. The number of anilines is 1. The van der Waals surface area contributed by atoms with Crippen LogP contribution in [0.2, 0.25) is 0 Å². The number of carbonyl (C=O) groups is 1. The molecule has 1 N–H and O–H groups in total. The van der Waals surface area contributed by atoms with Gasteiger partial charge in [0.05, 0.1) is 24.1 Å². The Kier molecular flexibility index (Phi) is 4.86. The standard InChI is InChI=1S/C16H15N3O3S2/c1-19-15(21)14-11(7-8-23-14)18-16(19)24-9-13(20)17-10-5-3-4-6-12(10)22-2/h3-8H,9H2,1-2H3,(H,17,20). The van der Waals surface area contributed by atoms with Gasteiger partial charge < -0.3 is 10.1 Å². The summed E-state index contributed by atoms with van der Waals surface area (Å²) in [4.78, 5) is 28.8. The van der Waals surface area contributed by atoms with Crippen molar-refractivity contribution in [3.8, 4) is 5.75 Å². The normalized spacial score (nSPS) is 10.8. The van der Waals surface area contributed by atoms with Crippen molar-refractivity contribution in [2.45, 2.75) is 5.16 Å². The van der Waals surface area contributed by atoms with Crippen LogP contribution in [-0.2, 0) is 11.8 Å². The molecule has 124 valence electrons. The van der Waals surface area contributed by atoms with Crippen molar-refractivity contribution in [1.29, 1.82) is 0 Å². The fourth-order valence-electron chi connectivity index (χ4n) is 2.16. The molecule has 0 aliphatic carbocycles. The number of aromatic nitrogens is 2. The molecule has 0 spiro atoms.